The van der Waals surface area contributed by atoms with E-state index in [9.17, 15) is 24.8 Å². The first-order valence-corrected chi connectivity index (χ1v) is 9.86. The van der Waals surface area contributed by atoms with Gasteiger partial charge in [0.15, 0.2) is 11.5 Å². The Morgan fingerprint density at radius 2 is 2.00 bits per heavy atom. The summed E-state index contributed by atoms with van der Waals surface area (Å²) in [4.78, 5) is 36.2. The summed E-state index contributed by atoms with van der Waals surface area (Å²) in [5, 5.41) is 36.5. The molecular weight excluding hydrogens is 446 g/mol. The van der Waals surface area contributed by atoms with Gasteiger partial charge < -0.3 is 20.0 Å². The first kappa shape index (κ1) is 24.0. The normalized spacial score (nSPS) is 11.0. The van der Waals surface area contributed by atoms with Crippen LogP contribution in [0, 0.1) is 22.6 Å². The van der Waals surface area contributed by atoms with Crippen LogP contribution in [0.2, 0.25) is 0 Å². The van der Waals surface area contributed by atoms with E-state index in [-0.39, 0.29) is 36.4 Å². The number of carbonyl (C=O) groups excluding carboxylic acids is 1. The van der Waals surface area contributed by atoms with Crippen LogP contribution in [-0.4, -0.2) is 42.3 Å². The molecule has 0 aliphatic heterocycles. The Kier molecular flexibility index (Phi) is 7.24. The van der Waals surface area contributed by atoms with Crippen molar-refractivity contribution in [3.05, 3.63) is 67.5 Å². The molecule has 174 valence electrons. The van der Waals surface area contributed by atoms with Gasteiger partial charge in [-0.3, -0.25) is 14.2 Å². The summed E-state index contributed by atoms with van der Waals surface area (Å²) in [6.07, 6.45) is 5.31. The predicted octanol–water partition coefficient (Wildman–Crippen LogP) is 2.70. The number of hydrogen-bond donors (Lipinski definition) is 1. The molecule has 2 aromatic heterocycles. The minimum atomic E-state index is -0.854. The fourth-order valence-corrected chi connectivity index (χ4v) is 3.17. The Morgan fingerprint density at radius 1 is 1.29 bits per heavy atom. The molecule has 0 saturated heterocycles. The van der Waals surface area contributed by atoms with Crippen molar-refractivity contribution in [2.75, 3.05) is 7.11 Å². The van der Waals surface area contributed by atoms with Gasteiger partial charge in [0.1, 0.15) is 0 Å². The second kappa shape index (κ2) is 10.3. The maximum atomic E-state index is 13.3. The monoisotopic (exact) mass is 465 g/mol. The number of ketones is 1. The van der Waals surface area contributed by atoms with Gasteiger partial charge in [-0.1, -0.05) is 48.8 Å². The highest BCUT2D eigenvalue weighted by Crippen LogP contribution is 2.30. The lowest BCUT2D eigenvalue weighted by Gasteiger charge is -2.17. The van der Waals surface area contributed by atoms with E-state index in [0.29, 0.717) is 10.1 Å². The SMILES string of the molecule is C#Cn1c(N=Nc2c(COC)c(C(=O)CC)c(O)n(Cc3ccccc3)c2=O)nnc1[N+](=O)[O-]. The lowest BCUT2D eigenvalue weighted by molar-refractivity contribution is -0.395. The van der Waals surface area contributed by atoms with E-state index in [2.05, 4.69) is 20.4 Å². The zero-order valence-corrected chi connectivity index (χ0v) is 18.2. The largest absolute Gasteiger partial charge is 0.494 e. The molecule has 2 heterocycles. The number of methoxy groups -OCH3 is 1. The number of aromatic hydroxyl groups is 1. The molecule has 13 nitrogen and oxygen atoms in total. The molecule has 1 N–H and O–H groups in total. The van der Waals surface area contributed by atoms with Gasteiger partial charge in [-0.25, -0.2) is 0 Å². The molecule has 0 aliphatic carbocycles. The highest BCUT2D eigenvalue weighted by Gasteiger charge is 2.27. The number of Topliss-reactive ketones (excluding diaryl/α,β-unsaturated/α-hetero) is 1. The fraction of sp³-hybridized carbons (Fsp3) is 0.238. The number of carbonyl (C=O) groups is 1. The molecule has 1 aromatic carbocycles. The number of benzene rings is 1. The second-order valence-corrected chi connectivity index (χ2v) is 6.83. The zero-order chi connectivity index (χ0) is 24.8. The summed E-state index contributed by atoms with van der Waals surface area (Å²) in [5.41, 5.74) is -0.544. The smallest absolute Gasteiger partial charge is 0.473 e. The third-order valence-corrected chi connectivity index (χ3v) is 4.75. The van der Waals surface area contributed by atoms with E-state index in [1.807, 2.05) is 6.04 Å². The Bertz CT molecular complexity index is 1370. The average Bonchev–Trinajstić information content (AvgIpc) is 3.25. The minimum absolute atomic E-state index is 0.00573. The predicted molar refractivity (Wildman–Crippen MR) is 118 cm³/mol. The molecule has 0 saturated carbocycles. The molecule has 13 heteroatoms. The van der Waals surface area contributed by atoms with Crippen molar-refractivity contribution in [2.45, 2.75) is 26.5 Å². The van der Waals surface area contributed by atoms with Gasteiger partial charge in [-0.2, -0.15) is 0 Å². The van der Waals surface area contributed by atoms with Gasteiger partial charge in [-0.15, -0.1) is 9.68 Å². The minimum Gasteiger partial charge on any atom is -0.494 e. The molecule has 3 aromatic rings. The van der Waals surface area contributed by atoms with Crippen molar-refractivity contribution in [3.8, 4) is 18.3 Å². The second-order valence-electron chi connectivity index (χ2n) is 6.83. The van der Waals surface area contributed by atoms with Crippen LogP contribution in [0.5, 0.6) is 5.88 Å². The van der Waals surface area contributed by atoms with Crippen molar-refractivity contribution in [2.24, 2.45) is 10.2 Å². The maximum absolute atomic E-state index is 13.3. The van der Waals surface area contributed by atoms with Crippen LogP contribution in [0.25, 0.3) is 0 Å². The van der Waals surface area contributed by atoms with Crippen molar-refractivity contribution >= 4 is 23.4 Å². The van der Waals surface area contributed by atoms with Crippen LogP contribution >= 0.6 is 0 Å². The highest BCUT2D eigenvalue weighted by molar-refractivity contribution is 6.00. The maximum Gasteiger partial charge on any atom is 0.473 e. The summed E-state index contributed by atoms with van der Waals surface area (Å²) in [6, 6.07) is 10.8. The van der Waals surface area contributed by atoms with E-state index < -0.39 is 34.0 Å². The number of rotatable bonds is 9. The lowest BCUT2D eigenvalue weighted by atomic mass is 10.0. The van der Waals surface area contributed by atoms with Crippen molar-refractivity contribution in [1.29, 1.82) is 0 Å². The summed E-state index contributed by atoms with van der Waals surface area (Å²) < 4.78 is 6.76. The van der Waals surface area contributed by atoms with Gasteiger partial charge in [0.2, 0.25) is 5.88 Å². The summed E-state index contributed by atoms with van der Waals surface area (Å²) in [5.74, 6) is -2.18. The van der Waals surface area contributed by atoms with E-state index in [0.717, 1.165) is 4.57 Å². The number of nitrogens with zero attached hydrogens (tertiary/aromatic N) is 7. The Balaban J connectivity index is 2.26. The molecule has 3 rings (SSSR count). The van der Waals surface area contributed by atoms with Crippen molar-refractivity contribution in [3.63, 3.8) is 0 Å². The molecule has 0 radical (unpaired) electrons. The van der Waals surface area contributed by atoms with Crippen LogP contribution in [-0.2, 0) is 17.9 Å². The van der Waals surface area contributed by atoms with Crippen LogP contribution in [0.4, 0.5) is 17.6 Å². The van der Waals surface area contributed by atoms with Crippen LogP contribution in [0.15, 0.2) is 45.4 Å². The fourth-order valence-electron chi connectivity index (χ4n) is 3.17. The number of hydrogen-bond acceptors (Lipinski definition) is 10. The van der Waals surface area contributed by atoms with Crippen molar-refractivity contribution in [1.82, 2.24) is 19.3 Å². The number of aromatic nitrogens is 4. The van der Waals surface area contributed by atoms with E-state index in [1.165, 1.54) is 7.11 Å². The molecular formula is C21H19N7O6. The van der Waals surface area contributed by atoms with Crippen LogP contribution in [0.1, 0.15) is 34.8 Å². The molecule has 0 unspecified atom stereocenters. The first-order chi connectivity index (χ1) is 16.3. The number of nitro groups is 1. The molecule has 0 amide bonds. The number of ether oxygens (including phenoxy) is 1. The quantitative estimate of drug-likeness (QED) is 0.165. The first-order valence-electron chi connectivity index (χ1n) is 9.86. The molecule has 0 fully saturated rings. The zero-order valence-electron chi connectivity index (χ0n) is 18.2. The average molecular weight is 465 g/mol. The van der Waals surface area contributed by atoms with E-state index >= 15 is 0 Å². The summed E-state index contributed by atoms with van der Waals surface area (Å²) in [6.45, 7) is 1.30. The van der Waals surface area contributed by atoms with Gasteiger partial charge in [0, 0.05) is 19.1 Å². The van der Waals surface area contributed by atoms with Gasteiger partial charge >= 0.3 is 11.9 Å². The number of terminal acetylenes is 1. The highest BCUT2D eigenvalue weighted by atomic mass is 16.6. The van der Waals surface area contributed by atoms with Gasteiger partial charge in [-0.05, 0) is 15.6 Å². The Morgan fingerprint density at radius 3 is 2.59 bits per heavy atom. The summed E-state index contributed by atoms with van der Waals surface area (Å²) in [7, 11) is 1.34. The Hall–Kier alpha value is -4.70. The third kappa shape index (κ3) is 4.57. The van der Waals surface area contributed by atoms with E-state index in [1.54, 1.807) is 37.3 Å². The topological polar surface area (TPSA) is 167 Å². The van der Waals surface area contributed by atoms with Gasteiger partial charge in [0.05, 0.1) is 29.9 Å². The molecule has 0 spiro atoms. The van der Waals surface area contributed by atoms with Crippen LogP contribution < -0.4 is 5.56 Å². The summed E-state index contributed by atoms with van der Waals surface area (Å²) >= 11 is 0. The Labute approximate surface area is 192 Å². The molecule has 34 heavy (non-hydrogen) atoms. The molecule has 0 atom stereocenters. The van der Waals surface area contributed by atoms with Crippen molar-refractivity contribution < 1.29 is 19.6 Å². The third-order valence-electron chi connectivity index (χ3n) is 4.75. The standard InChI is InChI=1S/C21H19N7O6/c1-4-15(29)16-14(12-34-3)17(22-23-20-24-25-21(28(32)33)26(20)5-2)19(31)27(18(16)30)11-13-9-7-6-8-10-13/h2,6-10,30H,4,11-12H2,1,3H3. The van der Waals surface area contributed by atoms with Gasteiger partial charge in [0.25, 0.3) is 5.56 Å². The number of azo groups is 1. The lowest BCUT2D eigenvalue weighted by Crippen LogP contribution is -2.25. The molecule has 0 aliphatic rings. The molecule has 0 bridgehead atoms. The number of pyridine rings is 1. The van der Waals surface area contributed by atoms with E-state index in [4.69, 9.17) is 11.2 Å². The van der Waals surface area contributed by atoms with Crippen LogP contribution in [0.3, 0.4) is 0 Å².